The zero-order valence-electron chi connectivity index (χ0n) is 20.6. The third kappa shape index (κ3) is 3.77. The predicted octanol–water partition coefficient (Wildman–Crippen LogP) is 2.56. The van der Waals surface area contributed by atoms with Gasteiger partial charge in [0, 0.05) is 17.0 Å². The van der Waals surface area contributed by atoms with E-state index in [0.717, 1.165) is 5.69 Å². The number of carbonyl (C=O) groups excluding carboxylic acids is 3. The van der Waals surface area contributed by atoms with Gasteiger partial charge in [0.05, 0.1) is 0 Å². The summed E-state index contributed by atoms with van der Waals surface area (Å²) in [5.74, 6) is -1.41. The molecule has 180 valence electrons. The Bertz CT molecular complexity index is 1120. The lowest BCUT2D eigenvalue weighted by Gasteiger charge is -2.50. The Balaban J connectivity index is 1.82. The summed E-state index contributed by atoms with van der Waals surface area (Å²) in [6.07, 6.45) is 2.07. The van der Waals surface area contributed by atoms with Gasteiger partial charge < -0.3 is 16.0 Å². The highest BCUT2D eigenvalue weighted by molar-refractivity contribution is 6.01. The molecule has 34 heavy (non-hydrogen) atoms. The Morgan fingerprint density at radius 1 is 1.18 bits per heavy atom. The fourth-order valence-electron chi connectivity index (χ4n) is 5.67. The lowest BCUT2D eigenvalue weighted by Crippen LogP contribution is -2.73. The molecule has 2 aromatic rings. The number of benzene rings is 1. The minimum atomic E-state index is -1.52. The molecule has 7 nitrogen and oxygen atoms in total. The highest BCUT2D eigenvalue weighted by atomic mass is 16.2. The van der Waals surface area contributed by atoms with Gasteiger partial charge in [-0.3, -0.25) is 19.4 Å². The zero-order chi connectivity index (χ0) is 24.8. The monoisotopic (exact) mass is 462 g/mol. The molecule has 0 bridgehead atoms. The molecule has 4 atom stereocenters. The number of hydrogen-bond acceptors (Lipinski definition) is 4. The standard InChI is InChI=1S/C27H34N4O3/c1-6-15(2)23-24(32)30-22(20-13-18-9-7-8-10-19(18)14-20)25(33)31(23)27(5,26(28)34)21-12-11-16(3)29-17(21)4/h7-12,15,20,22-23H,6,13-14H2,1-5H3,(H2,28,34)(H,30,32). The summed E-state index contributed by atoms with van der Waals surface area (Å²) in [5.41, 5.74) is 8.87. The quantitative estimate of drug-likeness (QED) is 0.688. The van der Waals surface area contributed by atoms with E-state index in [2.05, 4.69) is 22.4 Å². The fourth-order valence-corrected chi connectivity index (χ4v) is 5.67. The van der Waals surface area contributed by atoms with E-state index < -0.39 is 23.5 Å². The van der Waals surface area contributed by atoms with Crippen LogP contribution in [0.2, 0.25) is 0 Å². The van der Waals surface area contributed by atoms with Crippen LogP contribution in [0.4, 0.5) is 0 Å². The summed E-state index contributed by atoms with van der Waals surface area (Å²) in [7, 11) is 0. The number of pyridine rings is 1. The zero-order valence-corrected chi connectivity index (χ0v) is 20.6. The maximum atomic E-state index is 14.2. The predicted molar refractivity (Wildman–Crippen MR) is 130 cm³/mol. The molecule has 1 fully saturated rings. The van der Waals surface area contributed by atoms with Crippen molar-refractivity contribution in [1.29, 1.82) is 0 Å². The van der Waals surface area contributed by atoms with Gasteiger partial charge in [-0.2, -0.15) is 0 Å². The van der Waals surface area contributed by atoms with Crippen molar-refractivity contribution in [2.45, 2.75) is 71.5 Å². The minimum absolute atomic E-state index is 0.0800. The number of carbonyl (C=O) groups is 3. The number of primary amides is 1. The second-order valence-corrected chi connectivity index (χ2v) is 9.98. The molecule has 0 radical (unpaired) electrons. The summed E-state index contributed by atoms with van der Waals surface area (Å²) in [5, 5.41) is 3.03. The number of aryl methyl sites for hydroxylation is 2. The molecule has 1 aromatic heterocycles. The van der Waals surface area contributed by atoms with Crippen LogP contribution in [0.3, 0.4) is 0 Å². The van der Waals surface area contributed by atoms with Gasteiger partial charge in [0.1, 0.15) is 17.6 Å². The highest BCUT2D eigenvalue weighted by Gasteiger charge is 2.55. The third-order valence-electron chi connectivity index (χ3n) is 7.80. The Hall–Kier alpha value is -3.22. The molecule has 4 unspecified atom stereocenters. The van der Waals surface area contributed by atoms with E-state index in [-0.39, 0.29) is 23.7 Å². The Morgan fingerprint density at radius 2 is 1.79 bits per heavy atom. The van der Waals surface area contributed by atoms with Gasteiger partial charge >= 0.3 is 0 Å². The van der Waals surface area contributed by atoms with Crippen LogP contribution in [0, 0.1) is 25.7 Å². The van der Waals surface area contributed by atoms with Crippen molar-refractivity contribution in [2.75, 3.05) is 0 Å². The van der Waals surface area contributed by atoms with E-state index >= 15 is 0 Å². The molecule has 2 aliphatic rings. The normalized spacial score (nSPS) is 23.3. The Morgan fingerprint density at radius 3 is 2.32 bits per heavy atom. The van der Waals surface area contributed by atoms with Crippen molar-refractivity contribution in [3.63, 3.8) is 0 Å². The molecular formula is C27H34N4O3. The van der Waals surface area contributed by atoms with E-state index in [9.17, 15) is 14.4 Å². The largest absolute Gasteiger partial charge is 0.367 e. The smallest absolute Gasteiger partial charge is 0.247 e. The molecule has 1 aliphatic heterocycles. The van der Waals surface area contributed by atoms with Crippen molar-refractivity contribution in [3.8, 4) is 0 Å². The first-order chi connectivity index (χ1) is 16.1. The fraction of sp³-hybridized carbons (Fsp3) is 0.481. The number of hydrogen-bond donors (Lipinski definition) is 2. The first-order valence-electron chi connectivity index (χ1n) is 12.0. The van der Waals surface area contributed by atoms with Crippen molar-refractivity contribution in [3.05, 3.63) is 64.5 Å². The van der Waals surface area contributed by atoms with Gasteiger partial charge in [0.2, 0.25) is 17.7 Å². The molecule has 0 spiro atoms. The first-order valence-corrected chi connectivity index (χ1v) is 12.0. The van der Waals surface area contributed by atoms with Crippen molar-refractivity contribution in [1.82, 2.24) is 15.2 Å². The molecule has 1 aromatic carbocycles. The van der Waals surface area contributed by atoms with Crippen molar-refractivity contribution < 1.29 is 14.4 Å². The summed E-state index contributed by atoms with van der Waals surface area (Å²) in [6.45, 7) is 9.23. The lowest BCUT2D eigenvalue weighted by atomic mass is 9.80. The van der Waals surface area contributed by atoms with Crippen LogP contribution < -0.4 is 11.1 Å². The van der Waals surface area contributed by atoms with Gasteiger partial charge in [-0.25, -0.2) is 0 Å². The van der Waals surface area contributed by atoms with E-state index in [1.165, 1.54) is 16.0 Å². The van der Waals surface area contributed by atoms with Crippen LogP contribution in [-0.2, 0) is 32.8 Å². The van der Waals surface area contributed by atoms with Crippen LogP contribution in [0.1, 0.15) is 55.3 Å². The summed E-state index contributed by atoms with van der Waals surface area (Å²) >= 11 is 0. The average Bonchev–Trinajstić information content (AvgIpc) is 3.23. The Kier molecular flexibility index (Phi) is 6.23. The van der Waals surface area contributed by atoms with Crippen LogP contribution in [0.5, 0.6) is 0 Å². The molecule has 1 saturated heterocycles. The van der Waals surface area contributed by atoms with Gasteiger partial charge in [0.25, 0.3) is 0 Å². The van der Waals surface area contributed by atoms with Gasteiger partial charge in [0.15, 0.2) is 0 Å². The summed E-state index contributed by atoms with van der Waals surface area (Å²) < 4.78 is 0. The van der Waals surface area contributed by atoms with Crippen molar-refractivity contribution in [2.24, 2.45) is 17.6 Å². The lowest BCUT2D eigenvalue weighted by molar-refractivity contribution is -0.165. The molecule has 1 aliphatic carbocycles. The minimum Gasteiger partial charge on any atom is -0.367 e. The number of fused-ring (bicyclic) bond motifs is 1. The first kappa shape index (κ1) is 23.9. The number of piperazine rings is 1. The SMILES string of the molecule is CCC(C)C1C(=O)NC(C2Cc3ccccc3C2)C(=O)N1C(C)(C(N)=O)c1ccc(C)nc1C. The van der Waals surface area contributed by atoms with Crippen LogP contribution in [-0.4, -0.2) is 39.7 Å². The molecule has 4 rings (SSSR count). The molecular weight excluding hydrogens is 428 g/mol. The molecule has 0 saturated carbocycles. The highest BCUT2D eigenvalue weighted by Crippen LogP contribution is 2.39. The summed E-state index contributed by atoms with van der Waals surface area (Å²) in [6, 6.07) is 10.2. The second kappa shape index (κ2) is 8.85. The van der Waals surface area contributed by atoms with Crippen molar-refractivity contribution >= 4 is 17.7 Å². The van der Waals surface area contributed by atoms with E-state index in [1.54, 1.807) is 26.0 Å². The van der Waals surface area contributed by atoms with E-state index in [1.807, 2.05) is 32.9 Å². The van der Waals surface area contributed by atoms with Gasteiger partial charge in [-0.05, 0) is 62.6 Å². The number of aromatic nitrogens is 1. The average molecular weight is 463 g/mol. The molecule has 3 N–H and O–H groups in total. The van der Waals surface area contributed by atoms with Crippen LogP contribution >= 0.6 is 0 Å². The molecule has 7 heteroatoms. The van der Waals surface area contributed by atoms with E-state index in [4.69, 9.17) is 5.73 Å². The van der Waals surface area contributed by atoms with Gasteiger partial charge in [-0.1, -0.05) is 50.6 Å². The van der Waals surface area contributed by atoms with E-state index in [0.29, 0.717) is 30.5 Å². The molecule has 2 heterocycles. The number of nitrogens with one attached hydrogen (secondary N) is 1. The Labute approximate surface area is 201 Å². The number of amides is 3. The summed E-state index contributed by atoms with van der Waals surface area (Å²) in [4.78, 5) is 46.9. The molecule has 3 amide bonds. The second-order valence-electron chi connectivity index (χ2n) is 9.98. The third-order valence-corrected chi connectivity index (χ3v) is 7.80. The number of rotatable bonds is 6. The van der Waals surface area contributed by atoms with Gasteiger partial charge in [-0.15, -0.1) is 0 Å². The van der Waals surface area contributed by atoms with Crippen LogP contribution in [0.25, 0.3) is 0 Å². The van der Waals surface area contributed by atoms with Crippen LogP contribution in [0.15, 0.2) is 36.4 Å². The maximum Gasteiger partial charge on any atom is 0.247 e. The number of nitrogens with two attached hydrogens (primary N) is 1. The topological polar surface area (TPSA) is 105 Å². The number of nitrogens with zero attached hydrogens (tertiary/aromatic N) is 2. The maximum absolute atomic E-state index is 14.2.